The van der Waals surface area contributed by atoms with Gasteiger partial charge in [-0.25, -0.2) is 19.2 Å². The fourth-order valence-electron chi connectivity index (χ4n) is 2.66. The summed E-state index contributed by atoms with van der Waals surface area (Å²) < 4.78 is 56.1. The SMILES string of the molecule is O=C(NCc1ncc(C(F)(F)F)cn1)N1CCOCC1c1ccc(F)cc1. The molecule has 1 N–H and O–H groups in total. The van der Waals surface area contributed by atoms with Gasteiger partial charge in [-0.3, -0.25) is 0 Å². The molecule has 2 aromatic rings. The average molecular weight is 384 g/mol. The van der Waals surface area contributed by atoms with Crippen molar-refractivity contribution < 1.29 is 27.1 Å². The Morgan fingerprint density at radius 2 is 1.89 bits per heavy atom. The summed E-state index contributed by atoms with van der Waals surface area (Å²) in [7, 11) is 0. The number of carbonyl (C=O) groups is 1. The topological polar surface area (TPSA) is 67.4 Å². The van der Waals surface area contributed by atoms with Crippen molar-refractivity contribution in [3.05, 3.63) is 59.4 Å². The van der Waals surface area contributed by atoms with E-state index in [0.717, 1.165) is 5.56 Å². The molecular formula is C17H16F4N4O2. The number of hydrogen-bond donors (Lipinski definition) is 1. The van der Waals surface area contributed by atoms with Crippen LogP contribution in [0, 0.1) is 5.82 Å². The van der Waals surface area contributed by atoms with Crippen molar-refractivity contribution in [2.45, 2.75) is 18.8 Å². The maximum absolute atomic E-state index is 13.1. The van der Waals surface area contributed by atoms with Crippen LogP contribution in [0.15, 0.2) is 36.7 Å². The quantitative estimate of drug-likeness (QED) is 0.827. The Kier molecular flexibility index (Phi) is 5.54. The van der Waals surface area contributed by atoms with Gasteiger partial charge in [0, 0.05) is 18.9 Å². The van der Waals surface area contributed by atoms with E-state index in [0.29, 0.717) is 25.5 Å². The van der Waals surface area contributed by atoms with Crippen LogP contribution in [0.5, 0.6) is 0 Å². The summed E-state index contributed by atoms with van der Waals surface area (Å²) in [6.45, 7) is 0.809. The number of amides is 2. The van der Waals surface area contributed by atoms with E-state index in [1.807, 2.05) is 0 Å². The van der Waals surface area contributed by atoms with E-state index >= 15 is 0 Å². The second-order valence-corrected chi connectivity index (χ2v) is 5.88. The van der Waals surface area contributed by atoms with Gasteiger partial charge >= 0.3 is 12.2 Å². The molecule has 6 nitrogen and oxygen atoms in total. The zero-order valence-corrected chi connectivity index (χ0v) is 14.0. The molecule has 10 heteroatoms. The minimum absolute atomic E-state index is 0.0583. The molecule has 1 aromatic heterocycles. The highest BCUT2D eigenvalue weighted by molar-refractivity contribution is 5.74. The van der Waals surface area contributed by atoms with Crippen molar-refractivity contribution in [1.29, 1.82) is 0 Å². The number of rotatable bonds is 3. The van der Waals surface area contributed by atoms with Gasteiger partial charge in [0.15, 0.2) is 0 Å². The normalized spacial score (nSPS) is 17.6. The fourth-order valence-corrected chi connectivity index (χ4v) is 2.66. The lowest BCUT2D eigenvalue weighted by atomic mass is 10.1. The van der Waals surface area contributed by atoms with Crippen LogP contribution in [0.25, 0.3) is 0 Å². The van der Waals surface area contributed by atoms with Gasteiger partial charge in [0.1, 0.15) is 11.6 Å². The van der Waals surface area contributed by atoms with E-state index in [9.17, 15) is 22.4 Å². The number of nitrogens with one attached hydrogen (secondary N) is 1. The third kappa shape index (κ3) is 4.70. The molecule has 2 heterocycles. The standard InChI is InChI=1S/C17H16F4N4O2/c18-13-3-1-11(2-4-13)14-10-27-6-5-25(14)16(26)24-9-15-22-7-12(8-23-15)17(19,20)21/h1-4,7-8,14H,5-6,9-10H2,(H,24,26). The van der Waals surface area contributed by atoms with Crippen LogP contribution in [0.1, 0.15) is 23.0 Å². The molecule has 1 atom stereocenters. The van der Waals surface area contributed by atoms with Crippen LogP contribution in [-0.4, -0.2) is 40.7 Å². The summed E-state index contributed by atoms with van der Waals surface area (Å²) in [6, 6.07) is 4.93. The molecule has 0 spiro atoms. The maximum Gasteiger partial charge on any atom is 0.419 e. The first-order chi connectivity index (χ1) is 12.8. The zero-order chi connectivity index (χ0) is 19.4. The number of morpholine rings is 1. The summed E-state index contributed by atoms with van der Waals surface area (Å²) in [5.41, 5.74) is -0.237. The largest absolute Gasteiger partial charge is 0.419 e. The third-order valence-electron chi connectivity index (χ3n) is 4.07. The molecule has 1 aliphatic heterocycles. The predicted octanol–water partition coefficient (Wildman–Crippen LogP) is 2.92. The Labute approximate surface area is 152 Å². The molecule has 3 rings (SSSR count). The molecule has 2 amide bonds. The van der Waals surface area contributed by atoms with Crippen molar-refractivity contribution in [3.8, 4) is 0 Å². The summed E-state index contributed by atoms with van der Waals surface area (Å²) in [5.74, 6) is -0.325. The van der Waals surface area contributed by atoms with Gasteiger partial charge in [-0.1, -0.05) is 12.1 Å². The molecule has 1 fully saturated rings. The lowest BCUT2D eigenvalue weighted by molar-refractivity contribution is -0.138. The van der Waals surface area contributed by atoms with Crippen LogP contribution >= 0.6 is 0 Å². The van der Waals surface area contributed by atoms with Crippen LogP contribution in [0.2, 0.25) is 0 Å². The highest BCUT2D eigenvalue weighted by Gasteiger charge is 2.31. The molecule has 0 saturated carbocycles. The van der Waals surface area contributed by atoms with Crippen molar-refractivity contribution in [3.63, 3.8) is 0 Å². The minimum atomic E-state index is -4.52. The zero-order valence-electron chi connectivity index (χ0n) is 14.0. The van der Waals surface area contributed by atoms with Gasteiger partial charge in [0.2, 0.25) is 0 Å². The molecule has 1 saturated heterocycles. The van der Waals surface area contributed by atoms with Gasteiger partial charge in [-0.15, -0.1) is 0 Å². The van der Waals surface area contributed by atoms with Crippen LogP contribution in [0.3, 0.4) is 0 Å². The molecule has 0 aliphatic carbocycles. The highest BCUT2D eigenvalue weighted by Crippen LogP contribution is 2.28. The van der Waals surface area contributed by atoms with Crippen molar-refractivity contribution in [2.24, 2.45) is 0 Å². The Balaban J connectivity index is 1.64. The third-order valence-corrected chi connectivity index (χ3v) is 4.07. The summed E-state index contributed by atoms with van der Waals surface area (Å²) in [4.78, 5) is 21.3. The monoisotopic (exact) mass is 384 g/mol. The average Bonchev–Trinajstić information content (AvgIpc) is 2.66. The van der Waals surface area contributed by atoms with Gasteiger partial charge in [0.25, 0.3) is 0 Å². The second kappa shape index (κ2) is 7.87. The number of alkyl halides is 3. The Morgan fingerprint density at radius 3 is 2.52 bits per heavy atom. The van der Waals surface area contributed by atoms with E-state index in [2.05, 4.69) is 15.3 Å². The lowest BCUT2D eigenvalue weighted by Crippen LogP contribution is -2.48. The number of hydrogen-bond acceptors (Lipinski definition) is 4. The summed E-state index contributed by atoms with van der Waals surface area (Å²) in [5, 5.41) is 2.59. The van der Waals surface area contributed by atoms with Gasteiger partial charge in [-0.2, -0.15) is 13.2 Å². The lowest BCUT2D eigenvalue weighted by Gasteiger charge is -2.35. The fraction of sp³-hybridized carbons (Fsp3) is 0.353. The van der Waals surface area contributed by atoms with E-state index in [1.165, 1.54) is 17.0 Å². The Hall–Kier alpha value is -2.75. The smallest absolute Gasteiger partial charge is 0.377 e. The molecule has 1 aromatic carbocycles. The predicted molar refractivity (Wildman–Crippen MR) is 85.9 cm³/mol. The van der Waals surface area contributed by atoms with Crippen LogP contribution in [0.4, 0.5) is 22.4 Å². The van der Waals surface area contributed by atoms with E-state index < -0.39 is 23.8 Å². The number of nitrogens with zero attached hydrogens (tertiary/aromatic N) is 3. The number of urea groups is 1. The van der Waals surface area contributed by atoms with Gasteiger partial charge in [0.05, 0.1) is 31.4 Å². The maximum atomic E-state index is 13.1. The van der Waals surface area contributed by atoms with Crippen molar-refractivity contribution in [2.75, 3.05) is 19.8 Å². The number of aromatic nitrogens is 2. The number of ether oxygens (including phenoxy) is 1. The molecule has 0 radical (unpaired) electrons. The highest BCUT2D eigenvalue weighted by atomic mass is 19.4. The van der Waals surface area contributed by atoms with E-state index in [1.54, 1.807) is 12.1 Å². The first kappa shape index (κ1) is 19.0. The summed E-state index contributed by atoms with van der Waals surface area (Å²) in [6.07, 6.45) is -3.17. The molecule has 27 heavy (non-hydrogen) atoms. The molecule has 1 unspecified atom stereocenters. The number of benzene rings is 1. The summed E-state index contributed by atoms with van der Waals surface area (Å²) >= 11 is 0. The first-order valence-electron chi connectivity index (χ1n) is 8.10. The Morgan fingerprint density at radius 1 is 1.22 bits per heavy atom. The number of carbonyl (C=O) groups excluding carboxylic acids is 1. The van der Waals surface area contributed by atoms with Crippen LogP contribution in [-0.2, 0) is 17.5 Å². The van der Waals surface area contributed by atoms with E-state index in [4.69, 9.17) is 4.74 Å². The number of halogens is 4. The second-order valence-electron chi connectivity index (χ2n) is 5.88. The molecular weight excluding hydrogens is 368 g/mol. The molecule has 144 valence electrons. The van der Waals surface area contributed by atoms with Gasteiger partial charge < -0.3 is 15.0 Å². The van der Waals surface area contributed by atoms with Crippen molar-refractivity contribution in [1.82, 2.24) is 20.2 Å². The van der Waals surface area contributed by atoms with Crippen molar-refractivity contribution >= 4 is 6.03 Å². The Bertz CT molecular complexity index is 781. The molecule has 1 aliphatic rings. The molecule has 0 bridgehead atoms. The first-order valence-corrected chi connectivity index (χ1v) is 8.10. The van der Waals surface area contributed by atoms with Crippen LogP contribution < -0.4 is 5.32 Å². The van der Waals surface area contributed by atoms with E-state index in [-0.39, 0.29) is 24.8 Å². The minimum Gasteiger partial charge on any atom is -0.377 e. The van der Waals surface area contributed by atoms with Gasteiger partial charge in [-0.05, 0) is 17.7 Å².